The third-order valence-corrected chi connectivity index (χ3v) is 5.28. The lowest BCUT2D eigenvalue weighted by atomic mass is 9.99. The summed E-state index contributed by atoms with van der Waals surface area (Å²) in [6.07, 6.45) is 3.82. The average Bonchev–Trinajstić information content (AvgIpc) is 2.67. The van der Waals surface area contributed by atoms with E-state index in [2.05, 4.69) is 18.0 Å². The number of aromatic nitrogens is 2. The second kappa shape index (κ2) is 6.99. The maximum atomic E-state index is 12.8. The number of fused-ring (bicyclic) bond motifs is 2. The van der Waals surface area contributed by atoms with Crippen molar-refractivity contribution in [3.8, 4) is 0 Å². The van der Waals surface area contributed by atoms with Gasteiger partial charge in [-0.05, 0) is 49.9 Å². The van der Waals surface area contributed by atoms with Gasteiger partial charge in [0.2, 0.25) is 5.91 Å². The van der Waals surface area contributed by atoms with Crippen molar-refractivity contribution in [2.75, 3.05) is 11.4 Å². The molecule has 0 saturated carbocycles. The molecule has 0 N–H and O–H groups in total. The first-order chi connectivity index (χ1) is 13.0. The van der Waals surface area contributed by atoms with Crippen LogP contribution in [0.5, 0.6) is 0 Å². The van der Waals surface area contributed by atoms with Gasteiger partial charge in [-0.15, -0.1) is 0 Å². The predicted molar refractivity (Wildman–Crippen MR) is 107 cm³/mol. The molecule has 5 nitrogen and oxygen atoms in total. The molecule has 0 spiro atoms. The van der Waals surface area contributed by atoms with Gasteiger partial charge in [0.25, 0.3) is 5.56 Å². The Labute approximate surface area is 158 Å². The maximum absolute atomic E-state index is 12.8. The van der Waals surface area contributed by atoms with E-state index in [-0.39, 0.29) is 17.9 Å². The predicted octanol–water partition coefficient (Wildman–Crippen LogP) is 3.38. The number of amides is 1. The summed E-state index contributed by atoms with van der Waals surface area (Å²) in [5.41, 5.74) is 5.07. The van der Waals surface area contributed by atoms with Gasteiger partial charge in [-0.2, -0.15) is 0 Å². The van der Waals surface area contributed by atoms with Gasteiger partial charge in [-0.3, -0.25) is 14.2 Å². The molecule has 1 aromatic heterocycles. The fourth-order valence-electron chi connectivity index (χ4n) is 3.83. The number of rotatable bonds is 3. The van der Waals surface area contributed by atoms with Crippen LogP contribution in [0.3, 0.4) is 0 Å². The highest BCUT2D eigenvalue weighted by Crippen LogP contribution is 2.28. The van der Waals surface area contributed by atoms with Gasteiger partial charge >= 0.3 is 0 Å². The Kier molecular flexibility index (Phi) is 4.52. The number of para-hydroxylation sites is 1. The van der Waals surface area contributed by atoms with Crippen molar-refractivity contribution >= 4 is 22.5 Å². The van der Waals surface area contributed by atoms with E-state index in [0.29, 0.717) is 11.9 Å². The van der Waals surface area contributed by atoms with Gasteiger partial charge in [0.15, 0.2) is 0 Å². The van der Waals surface area contributed by atoms with Crippen LogP contribution >= 0.6 is 0 Å². The van der Waals surface area contributed by atoms with E-state index in [1.165, 1.54) is 11.1 Å². The minimum absolute atomic E-state index is 0.0519. The van der Waals surface area contributed by atoms with Gasteiger partial charge in [0.05, 0.1) is 17.2 Å². The molecule has 4 rings (SSSR count). The summed E-state index contributed by atoms with van der Waals surface area (Å²) in [6, 6.07) is 11.8. The van der Waals surface area contributed by atoms with Gasteiger partial charge in [-0.25, -0.2) is 4.98 Å². The molecule has 1 aliphatic rings. The van der Waals surface area contributed by atoms with Gasteiger partial charge in [0, 0.05) is 25.2 Å². The molecule has 0 fully saturated rings. The Balaban J connectivity index is 1.55. The first-order valence-corrected chi connectivity index (χ1v) is 9.39. The largest absolute Gasteiger partial charge is 0.312 e. The highest BCUT2D eigenvalue weighted by molar-refractivity contribution is 5.94. The maximum Gasteiger partial charge on any atom is 0.261 e. The zero-order chi connectivity index (χ0) is 19.0. The molecule has 1 amide bonds. The summed E-state index contributed by atoms with van der Waals surface area (Å²) < 4.78 is 1.54. The summed E-state index contributed by atoms with van der Waals surface area (Å²) in [4.78, 5) is 31.8. The van der Waals surface area contributed by atoms with E-state index in [0.717, 1.165) is 36.2 Å². The van der Waals surface area contributed by atoms with Crippen LogP contribution in [-0.2, 0) is 17.8 Å². The van der Waals surface area contributed by atoms with Gasteiger partial charge in [-0.1, -0.05) is 29.8 Å². The van der Waals surface area contributed by atoms with E-state index < -0.39 is 0 Å². The number of nitrogens with zero attached hydrogens (tertiary/aromatic N) is 3. The number of anilines is 1. The molecule has 138 valence electrons. The van der Waals surface area contributed by atoms with Crippen LogP contribution in [0.4, 0.5) is 5.69 Å². The Morgan fingerprint density at radius 3 is 2.89 bits per heavy atom. The second-order valence-electron chi connectivity index (χ2n) is 7.25. The average molecular weight is 361 g/mol. The molecular weight excluding hydrogens is 338 g/mol. The van der Waals surface area contributed by atoms with Crippen LogP contribution in [0, 0.1) is 13.8 Å². The molecule has 0 bridgehead atoms. The summed E-state index contributed by atoms with van der Waals surface area (Å²) in [6.45, 7) is 5.09. The molecule has 0 atom stereocenters. The molecule has 2 heterocycles. The molecule has 3 aromatic rings. The number of benzene rings is 2. The van der Waals surface area contributed by atoms with Crippen LogP contribution in [0.1, 0.15) is 29.5 Å². The molecule has 0 aliphatic carbocycles. The topological polar surface area (TPSA) is 55.2 Å². The second-order valence-corrected chi connectivity index (χ2v) is 7.25. The number of hydrogen-bond donors (Lipinski definition) is 0. The molecule has 0 radical (unpaired) electrons. The van der Waals surface area contributed by atoms with Crippen LogP contribution in [0.15, 0.2) is 47.5 Å². The van der Waals surface area contributed by atoms with E-state index >= 15 is 0 Å². The Morgan fingerprint density at radius 1 is 1.19 bits per heavy atom. The summed E-state index contributed by atoms with van der Waals surface area (Å²) in [7, 11) is 0. The normalized spacial score (nSPS) is 13.6. The van der Waals surface area contributed by atoms with Crippen molar-refractivity contribution < 1.29 is 4.79 Å². The smallest absolute Gasteiger partial charge is 0.261 e. The summed E-state index contributed by atoms with van der Waals surface area (Å²) in [5.74, 6) is 0.0519. The monoisotopic (exact) mass is 361 g/mol. The molecule has 27 heavy (non-hydrogen) atoms. The third kappa shape index (κ3) is 3.25. The highest BCUT2D eigenvalue weighted by atomic mass is 16.2. The van der Waals surface area contributed by atoms with E-state index in [1.807, 2.05) is 36.1 Å². The third-order valence-electron chi connectivity index (χ3n) is 5.28. The quantitative estimate of drug-likeness (QED) is 0.719. The molecular formula is C22H23N3O2. The first-order valence-electron chi connectivity index (χ1n) is 9.39. The molecule has 1 aliphatic heterocycles. The summed E-state index contributed by atoms with van der Waals surface area (Å²) >= 11 is 0. The zero-order valence-corrected chi connectivity index (χ0v) is 15.7. The zero-order valence-electron chi connectivity index (χ0n) is 15.7. The minimum atomic E-state index is -0.0915. The number of hydrogen-bond acceptors (Lipinski definition) is 3. The Hall–Kier alpha value is -2.95. The van der Waals surface area contributed by atoms with Gasteiger partial charge < -0.3 is 4.90 Å². The lowest BCUT2D eigenvalue weighted by Crippen LogP contribution is -2.36. The fraction of sp³-hybridized carbons (Fsp3) is 0.318. The SMILES string of the molecule is Cc1ccc2c(c1)CCCN2C(=O)CCn1cnc2c(C)cccc2c1=O. The molecule has 2 aromatic carbocycles. The standard InChI is InChI=1S/C22H23N3O2/c1-15-8-9-19-17(13-15)6-4-11-25(19)20(26)10-12-24-14-23-21-16(2)5-3-7-18(21)22(24)27/h3,5,7-9,13-14H,4,6,10-12H2,1-2H3. The van der Waals surface area contributed by atoms with E-state index in [1.54, 1.807) is 17.0 Å². The first kappa shape index (κ1) is 17.5. The molecule has 0 unspecified atom stereocenters. The van der Waals surface area contributed by atoms with Crippen molar-refractivity contribution in [2.45, 2.75) is 39.7 Å². The fourth-order valence-corrected chi connectivity index (χ4v) is 3.83. The Morgan fingerprint density at radius 2 is 2.04 bits per heavy atom. The van der Waals surface area contributed by atoms with Crippen molar-refractivity contribution in [3.63, 3.8) is 0 Å². The minimum Gasteiger partial charge on any atom is -0.312 e. The number of carbonyl (C=O) groups excluding carboxylic acids is 1. The van der Waals surface area contributed by atoms with Crippen molar-refractivity contribution in [2.24, 2.45) is 0 Å². The van der Waals surface area contributed by atoms with Crippen molar-refractivity contribution in [1.29, 1.82) is 0 Å². The molecule has 5 heteroatoms. The van der Waals surface area contributed by atoms with Crippen LogP contribution < -0.4 is 10.5 Å². The van der Waals surface area contributed by atoms with E-state index in [9.17, 15) is 9.59 Å². The Bertz CT molecular complexity index is 1080. The van der Waals surface area contributed by atoms with Crippen molar-refractivity contribution in [3.05, 3.63) is 69.8 Å². The highest BCUT2D eigenvalue weighted by Gasteiger charge is 2.22. The summed E-state index contributed by atoms with van der Waals surface area (Å²) in [5, 5.41) is 0.601. The van der Waals surface area contributed by atoms with Gasteiger partial charge in [0.1, 0.15) is 0 Å². The van der Waals surface area contributed by atoms with Crippen molar-refractivity contribution in [1.82, 2.24) is 9.55 Å². The number of aryl methyl sites for hydroxylation is 4. The lowest BCUT2D eigenvalue weighted by molar-refractivity contribution is -0.118. The van der Waals surface area contributed by atoms with Crippen LogP contribution in [-0.4, -0.2) is 22.0 Å². The van der Waals surface area contributed by atoms with Crippen LogP contribution in [0.25, 0.3) is 10.9 Å². The van der Waals surface area contributed by atoms with E-state index in [4.69, 9.17) is 0 Å². The lowest BCUT2D eigenvalue weighted by Gasteiger charge is -2.30. The molecule has 0 saturated heterocycles. The van der Waals surface area contributed by atoms with Crippen LogP contribution in [0.2, 0.25) is 0 Å². The number of carbonyl (C=O) groups is 1.